The van der Waals surface area contributed by atoms with E-state index >= 15 is 0 Å². The fourth-order valence-electron chi connectivity index (χ4n) is 1.88. The molecule has 0 spiro atoms. The molecule has 2 rings (SSSR count). The summed E-state index contributed by atoms with van der Waals surface area (Å²) in [4.78, 5) is 0. The molecule has 0 bridgehead atoms. The molecule has 3 heteroatoms. The highest BCUT2D eigenvalue weighted by Gasteiger charge is 2.03. The molecule has 0 saturated heterocycles. The lowest BCUT2D eigenvalue weighted by molar-refractivity contribution is 0.507. The number of nitrogens with two attached hydrogens (primary N) is 1. The van der Waals surface area contributed by atoms with Crippen LogP contribution in [0.25, 0.3) is 0 Å². The Bertz CT molecular complexity index is 521. The molecule has 0 radical (unpaired) electrons. The summed E-state index contributed by atoms with van der Waals surface area (Å²) in [6.45, 7) is 0.628. The van der Waals surface area contributed by atoms with Gasteiger partial charge in [0, 0.05) is 0 Å². The van der Waals surface area contributed by atoms with E-state index in [9.17, 15) is 8.78 Å². The van der Waals surface area contributed by atoms with Crippen LogP contribution in [0.3, 0.4) is 0 Å². The molecule has 0 atom stereocenters. The second kappa shape index (κ2) is 5.74. The molecule has 1 nitrogen and oxygen atoms in total. The second-order valence-corrected chi connectivity index (χ2v) is 4.28. The Labute approximate surface area is 105 Å². The van der Waals surface area contributed by atoms with Gasteiger partial charge in [-0.05, 0) is 48.2 Å². The Morgan fingerprint density at radius 3 is 2.00 bits per heavy atom. The average Bonchev–Trinajstić information content (AvgIpc) is 2.37. The molecular weight excluding hydrogens is 232 g/mol. The molecule has 0 unspecified atom stereocenters. The quantitative estimate of drug-likeness (QED) is 0.883. The Morgan fingerprint density at radius 2 is 1.39 bits per heavy atom. The third-order valence-corrected chi connectivity index (χ3v) is 2.85. The fourth-order valence-corrected chi connectivity index (χ4v) is 1.88. The third kappa shape index (κ3) is 3.14. The molecule has 0 aliphatic heterocycles. The van der Waals surface area contributed by atoms with E-state index in [-0.39, 0.29) is 0 Å². The lowest BCUT2D eigenvalue weighted by Gasteiger charge is -2.04. The molecular formula is C15H15F2N. The SMILES string of the molecule is NCCc1ccc(Cc2ccc(F)c(F)c2)cc1. The van der Waals surface area contributed by atoms with Gasteiger partial charge in [0.15, 0.2) is 11.6 Å². The van der Waals surface area contributed by atoms with Crippen LogP contribution in [0.5, 0.6) is 0 Å². The predicted molar refractivity (Wildman–Crippen MR) is 68.4 cm³/mol. The van der Waals surface area contributed by atoms with E-state index in [0.717, 1.165) is 23.6 Å². The van der Waals surface area contributed by atoms with Crippen molar-refractivity contribution in [2.45, 2.75) is 12.8 Å². The van der Waals surface area contributed by atoms with Crippen molar-refractivity contribution in [3.8, 4) is 0 Å². The van der Waals surface area contributed by atoms with Crippen molar-refractivity contribution >= 4 is 0 Å². The summed E-state index contributed by atoms with van der Waals surface area (Å²) in [5.41, 5.74) is 8.50. The van der Waals surface area contributed by atoms with Crippen LogP contribution in [0, 0.1) is 11.6 Å². The van der Waals surface area contributed by atoms with Gasteiger partial charge in [-0.3, -0.25) is 0 Å². The lowest BCUT2D eigenvalue weighted by Crippen LogP contribution is -2.02. The highest BCUT2D eigenvalue weighted by atomic mass is 19.2. The van der Waals surface area contributed by atoms with Gasteiger partial charge in [0.2, 0.25) is 0 Å². The smallest absolute Gasteiger partial charge is 0.159 e. The van der Waals surface area contributed by atoms with Crippen molar-refractivity contribution in [3.63, 3.8) is 0 Å². The van der Waals surface area contributed by atoms with Crippen molar-refractivity contribution in [1.82, 2.24) is 0 Å². The minimum atomic E-state index is -0.808. The van der Waals surface area contributed by atoms with Crippen LogP contribution in [0.2, 0.25) is 0 Å². The molecule has 0 amide bonds. The van der Waals surface area contributed by atoms with E-state index in [1.807, 2.05) is 24.3 Å². The molecule has 0 fully saturated rings. The standard InChI is InChI=1S/C15H15F2N/c16-14-6-5-13(10-15(14)17)9-12-3-1-11(2-4-12)7-8-18/h1-6,10H,7-9,18H2. The highest BCUT2D eigenvalue weighted by Crippen LogP contribution is 2.14. The number of hydrogen-bond acceptors (Lipinski definition) is 1. The fraction of sp³-hybridized carbons (Fsp3) is 0.200. The molecule has 0 aliphatic carbocycles. The van der Waals surface area contributed by atoms with Crippen molar-refractivity contribution in [1.29, 1.82) is 0 Å². The van der Waals surface area contributed by atoms with Crippen LogP contribution >= 0.6 is 0 Å². The topological polar surface area (TPSA) is 26.0 Å². The van der Waals surface area contributed by atoms with Gasteiger partial charge in [-0.15, -0.1) is 0 Å². The van der Waals surface area contributed by atoms with Gasteiger partial charge in [0.1, 0.15) is 0 Å². The van der Waals surface area contributed by atoms with E-state index in [0.29, 0.717) is 13.0 Å². The summed E-state index contributed by atoms with van der Waals surface area (Å²) >= 11 is 0. The molecule has 0 aromatic heterocycles. The Kier molecular flexibility index (Phi) is 4.05. The van der Waals surface area contributed by atoms with Gasteiger partial charge in [0.05, 0.1) is 0 Å². The maximum atomic E-state index is 13.1. The van der Waals surface area contributed by atoms with E-state index in [2.05, 4.69) is 0 Å². The molecule has 0 saturated carbocycles. The van der Waals surface area contributed by atoms with Crippen LogP contribution in [-0.4, -0.2) is 6.54 Å². The summed E-state index contributed by atoms with van der Waals surface area (Å²) in [5, 5.41) is 0. The molecule has 0 aliphatic rings. The minimum Gasteiger partial charge on any atom is -0.330 e. The van der Waals surface area contributed by atoms with Gasteiger partial charge < -0.3 is 5.73 Å². The zero-order chi connectivity index (χ0) is 13.0. The van der Waals surface area contributed by atoms with Crippen LogP contribution in [0.1, 0.15) is 16.7 Å². The van der Waals surface area contributed by atoms with Crippen molar-refractivity contribution in [2.75, 3.05) is 6.54 Å². The molecule has 2 N–H and O–H groups in total. The van der Waals surface area contributed by atoms with Crippen molar-refractivity contribution in [2.24, 2.45) is 5.73 Å². The first kappa shape index (κ1) is 12.7. The molecule has 18 heavy (non-hydrogen) atoms. The maximum absolute atomic E-state index is 13.1. The van der Waals surface area contributed by atoms with Gasteiger partial charge in [-0.25, -0.2) is 8.78 Å². The van der Waals surface area contributed by atoms with Crippen molar-refractivity contribution < 1.29 is 8.78 Å². The number of hydrogen-bond donors (Lipinski definition) is 1. The van der Waals surface area contributed by atoms with Crippen LogP contribution < -0.4 is 5.73 Å². The monoisotopic (exact) mass is 247 g/mol. The van der Waals surface area contributed by atoms with Gasteiger partial charge in [-0.2, -0.15) is 0 Å². The van der Waals surface area contributed by atoms with E-state index in [4.69, 9.17) is 5.73 Å². The Balaban J connectivity index is 2.10. The molecule has 94 valence electrons. The summed E-state index contributed by atoms with van der Waals surface area (Å²) in [6, 6.07) is 12.0. The summed E-state index contributed by atoms with van der Waals surface area (Å²) in [6.07, 6.45) is 1.45. The molecule has 2 aromatic rings. The molecule has 0 heterocycles. The largest absolute Gasteiger partial charge is 0.330 e. The maximum Gasteiger partial charge on any atom is 0.159 e. The van der Waals surface area contributed by atoms with E-state index in [1.165, 1.54) is 11.6 Å². The van der Waals surface area contributed by atoms with Gasteiger partial charge >= 0.3 is 0 Å². The second-order valence-electron chi connectivity index (χ2n) is 4.28. The first-order valence-electron chi connectivity index (χ1n) is 5.91. The third-order valence-electron chi connectivity index (χ3n) is 2.85. The number of benzene rings is 2. The van der Waals surface area contributed by atoms with E-state index in [1.54, 1.807) is 6.07 Å². The van der Waals surface area contributed by atoms with Gasteiger partial charge in [-0.1, -0.05) is 30.3 Å². The van der Waals surface area contributed by atoms with E-state index < -0.39 is 11.6 Å². The summed E-state index contributed by atoms with van der Waals surface area (Å²) in [5.74, 6) is -1.61. The summed E-state index contributed by atoms with van der Waals surface area (Å²) < 4.78 is 25.8. The first-order valence-corrected chi connectivity index (χ1v) is 5.91. The number of rotatable bonds is 4. The normalized spacial score (nSPS) is 10.6. The Morgan fingerprint density at radius 1 is 0.778 bits per heavy atom. The number of halogens is 2. The van der Waals surface area contributed by atoms with Crippen LogP contribution in [0.4, 0.5) is 8.78 Å². The predicted octanol–water partition coefficient (Wildman–Crippen LogP) is 3.06. The van der Waals surface area contributed by atoms with Crippen LogP contribution in [-0.2, 0) is 12.8 Å². The Hall–Kier alpha value is -1.74. The van der Waals surface area contributed by atoms with Crippen LogP contribution in [0.15, 0.2) is 42.5 Å². The molecule has 2 aromatic carbocycles. The lowest BCUT2D eigenvalue weighted by atomic mass is 10.0. The summed E-state index contributed by atoms with van der Waals surface area (Å²) in [7, 11) is 0. The first-order chi connectivity index (χ1) is 8.69. The highest BCUT2D eigenvalue weighted by molar-refractivity contribution is 5.29. The average molecular weight is 247 g/mol. The zero-order valence-corrected chi connectivity index (χ0v) is 10.00. The minimum absolute atomic E-state index is 0.597. The van der Waals surface area contributed by atoms with Gasteiger partial charge in [0.25, 0.3) is 0 Å². The van der Waals surface area contributed by atoms with Crippen molar-refractivity contribution in [3.05, 3.63) is 70.8 Å². The zero-order valence-electron chi connectivity index (χ0n) is 10.00.